The first-order valence-corrected chi connectivity index (χ1v) is 8.75. The second kappa shape index (κ2) is 8.20. The van der Waals surface area contributed by atoms with E-state index in [-0.39, 0.29) is 31.1 Å². The Morgan fingerprint density at radius 1 is 1.16 bits per heavy atom. The van der Waals surface area contributed by atoms with E-state index in [2.05, 4.69) is 10.6 Å². The maximum Gasteiger partial charge on any atom is 0.245 e. The molecule has 136 valence electrons. The van der Waals surface area contributed by atoms with Gasteiger partial charge < -0.3 is 25.2 Å². The van der Waals surface area contributed by atoms with Crippen LogP contribution in [-0.4, -0.2) is 42.4 Å². The highest BCUT2D eigenvalue weighted by Crippen LogP contribution is 2.32. The van der Waals surface area contributed by atoms with Gasteiger partial charge in [0.15, 0.2) is 11.5 Å². The van der Waals surface area contributed by atoms with Crippen LogP contribution >= 0.6 is 0 Å². The molecule has 1 saturated carbocycles. The monoisotopic (exact) mass is 348 g/mol. The number of carbonyl (C=O) groups excluding carboxylic acids is 2. The lowest BCUT2D eigenvalue weighted by Gasteiger charge is -2.25. The van der Waals surface area contributed by atoms with Gasteiger partial charge in [0.2, 0.25) is 18.6 Å². The van der Waals surface area contributed by atoms with Gasteiger partial charge in [-0.2, -0.15) is 0 Å². The molecule has 1 aromatic rings. The van der Waals surface area contributed by atoms with Gasteiger partial charge in [-0.05, 0) is 30.5 Å². The van der Waals surface area contributed by atoms with E-state index in [9.17, 15) is 14.7 Å². The van der Waals surface area contributed by atoms with Gasteiger partial charge in [-0.1, -0.05) is 25.3 Å². The molecule has 25 heavy (non-hydrogen) atoms. The number of benzene rings is 1. The predicted octanol–water partition coefficient (Wildman–Crippen LogP) is 0.884. The predicted molar refractivity (Wildman–Crippen MR) is 90.3 cm³/mol. The third-order valence-corrected chi connectivity index (χ3v) is 4.59. The second-order valence-electron chi connectivity index (χ2n) is 6.51. The SMILES string of the molecule is O=C(Cc1ccc2c(c1)OCO2)N[C@@H](CO)C(=O)NC1CCCCC1. The molecule has 7 heteroatoms. The molecule has 1 aromatic carbocycles. The summed E-state index contributed by atoms with van der Waals surface area (Å²) in [5, 5.41) is 15.0. The van der Waals surface area contributed by atoms with E-state index in [0.717, 1.165) is 31.2 Å². The summed E-state index contributed by atoms with van der Waals surface area (Å²) in [5.41, 5.74) is 0.756. The summed E-state index contributed by atoms with van der Waals surface area (Å²) in [6, 6.07) is 4.50. The Hall–Kier alpha value is -2.28. The van der Waals surface area contributed by atoms with Crippen molar-refractivity contribution in [2.75, 3.05) is 13.4 Å². The van der Waals surface area contributed by atoms with Gasteiger partial charge in [0.1, 0.15) is 6.04 Å². The number of hydrogen-bond acceptors (Lipinski definition) is 5. The number of fused-ring (bicyclic) bond motifs is 1. The Labute approximate surface area is 146 Å². The van der Waals surface area contributed by atoms with Crippen molar-refractivity contribution in [2.45, 2.75) is 50.6 Å². The summed E-state index contributed by atoms with van der Waals surface area (Å²) in [4.78, 5) is 24.5. The first-order valence-electron chi connectivity index (χ1n) is 8.75. The Morgan fingerprint density at radius 3 is 2.68 bits per heavy atom. The van der Waals surface area contributed by atoms with Crippen molar-refractivity contribution in [3.8, 4) is 11.5 Å². The minimum atomic E-state index is -0.927. The molecule has 1 fully saturated rings. The molecule has 0 bridgehead atoms. The number of rotatable bonds is 6. The van der Waals surface area contributed by atoms with Crippen molar-refractivity contribution in [2.24, 2.45) is 0 Å². The maximum atomic E-state index is 12.3. The third-order valence-electron chi connectivity index (χ3n) is 4.59. The summed E-state index contributed by atoms with van der Waals surface area (Å²) >= 11 is 0. The fourth-order valence-electron chi connectivity index (χ4n) is 3.22. The topological polar surface area (TPSA) is 96.9 Å². The van der Waals surface area contributed by atoms with Gasteiger partial charge in [-0.15, -0.1) is 0 Å². The van der Waals surface area contributed by atoms with Crippen molar-refractivity contribution < 1.29 is 24.2 Å². The summed E-state index contributed by atoms with van der Waals surface area (Å²) in [7, 11) is 0. The number of nitrogens with one attached hydrogen (secondary N) is 2. The Morgan fingerprint density at radius 2 is 1.92 bits per heavy atom. The summed E-state index contributed by atoms with van der Waals surface area (Å²) in [5.74, 6) is 0.619. The quantitative estimate of drug-likeness (QED) is 0.709. The summed E-state index contributed by atoms with van der Waals surface area (Å²) < 4.78 is 10.5. The number of aliphatic hydroxyl groups excluding tert-OH is 1. The molecule has 1 aliphatic carbocycles. The van der Waals surface area contributed by atoms with E-state index in [0.29, 0.717) is 11.5 Å². The van der Waals surface area contributed by atoms with E-state index in [4.69, 9.17) is 9.47 Å². The van der Waals surface area contributed by atoms with Crippen molar-refractivity contribution in [1.29, 1.82) is 0 Å². The molecule has 2 aliphatic rings. The zero-order valence-corrected chi connectivity index (χ0v) is 14.1. The average molecular weight is 348 g/mol. The second-order valence-corrected chi connectivity index (χ2v) is 6.51. The van der Waals surface area contributed by atoms with Crippen LogP contribution in [0.3, 0.4) is 0 Å². The molecular formula is C18H24N2O5. The van der Waals surface area contributed by atoms with Gasteiger partial charge in [0, 0.05) is 6.04 Å². The van der Waals surface area contributed by atoms with Crippen LogP contribution in [0, 0.1) is 0 Å². The fourth-order valence-corrected chi connectivity index (χ4v) is 3.22. The molecule has 7 nitrogen and oxygen atoms in total. The highest BCUT2D eigenvalue weighted by molar-refractivity contribution is 5.88. The zero-order chi connectivity index (χ0) is 17.6. The van der Waals surface area contributed by atoms with Gasteiger partial charge in [0.05, 0.1) is 13.0 Å². The molecule has 1 atom stereocenters. The normalized spacial score (nSPS) is 17.8. The van der Waals surface area contributed by atoms with Gasteiger partial charge >= 0.3 is 0 Å². The van der Waals surface area contributed by atoms with Crippen LogP contribution in [0.1, 0.15) is 37.7 Å². The third kappa shape index (κ3) is 4.63. The lowest BCUT2D eigenvalue weighted by Crippen LogP contribution is -2.52. The Kier molecular flexibility index (Phi) is 5.75. The van der Waals surface area contributed by atoms with Crippen LogP contribution < -0.4 is 20.1 Å². The molecular weight excluding hydrogens is 324 g/mol. The summed E-state index contributed by atoms with van der Waals surface area (Å²) in [6.07, 6.45) is 5.41. The van der Waals surface area contributed by atoms with E-state index >= 15 is 0 Å². The molecule has 3 rings (SSSR count). The van der Waals surface area contributed by atoms with Crippen molar-refractivity contribution in [1.82, 2.24) is 10.6 Å². The van der Waals surface area contributed by atoms with Crippen LogP contribution in [0.5, 0.6) is 11.5 Å². The van der Waals surface area contributed by atoms with Crippen molar-refractivity contribution >= 4 is 11.8 Å². The van der Waals surface area contributed by atoms with Crippen LogP contribution in [0.2, 0.25) is 0 Å². The number of aliphatic hydroxyl groups is 1. The molecule has 1 aliphatic heterocycles. The van der Waals surface area contributed by atoms with Gasteiger partial charge in [-0.3, -0.25) is 9.59 Å². The number of amides is 2. The van der Waals surface area contributed by atoms with Crippen molar-refractivity contribution in [3.05, 3.63) is 23.8 Å². The standard InChI is InChI=1S/C18H24N2O5/c21-10-14(18(23)19-13-4-2-1-3-5-13)20-17(22)9-12-6-7-15-16(8-12)25-11-24-15/h6-8,13-14,21H,1-5,9-11H2,(H,19,23)(H,20,22)/t14-/m0/s1. The lowest BCUT2D eigenvalue weighted by molar-refractivity contribution is -0.130. The average Bonchev–Trinajstić information content (AvgIpc) is 3.08. The van der Waals surface area contributed by atoms with E-state index in [1.54, 1.807) is 18.2 Å². The Balaban J connectivity index is 1.51. The van der Waals surface area contributed by atoms with Crippen LogP contribution in [0.25, 0.3) is 0 Å². The molecule has 3 N–H and O–H groups in total. The molecule has 0 radical (unpaired) electrons. The van der Waals surface area contributed by atoms with E-state index in [1.165, 1.54) is 6.42 Å². The minimum absolute atomic E-state index is 0.101. The number of ether oxygens (including phenoxy) is 2. The van der Waals surface area contributed by atoms with Gasteiger partial charge in [0.25, 0.3) is 0 Å². The molecule has 0 spiro atoms. The fraction of sp³-hybridized carbons (Fsp3) is 0.556. The Bertz CT molecular complexity index is 628. The smallest absolute Gasteiger partial charge is 0.245 e. The summed E-state index contributed by atoms with van der Waals surface area (Å²) in [6.45, 7) is -0.246. The molecule has 0 saturated heterocycles. The van der Waals surface area contributed by atoms with Crippen LogP contribution in [-0.2, 0) is 16.0 Å². The first-order chi connectivity index (χ1) is 12.2. The van der Waals surface area contributed by atoms with E-state index in [1.807, 2.05) is 0 Å². The molecule has 0 unspecified atom stereocenters. The first kappa shape index (κ1) is 17.5. The van der Waals surface area contributed by atoms with E-state index < -0.39 is 12.6 Å². The minimum Gasteiger partial charge on any atom is -0.454 e. The van der Waals surface area contributed by atoms with Crippen LogP contribution in [0.4, 0.5) is 0 Å². The number of hydrogen-bond donors (Lipinski definition) is 3. The highest BCUT2D eigenvalue weighted by atomic mass is 16.7. The van der Waals surface area contributed by atoms with Crippen molar-refractivity contribution in [3.63, 3.8) is 0 Å². The lowest BCUT2D eigenvalue weighted by atomic mass is 9.95. The maximum absolute atomic E-state index is 12.3. The molecule has 1 heterocycles. The highest BCUT2D eigenvalue weighted by Gasteiger charge is 2.24. The number of carbonyl (C=O) groups is 2. The zero-order valence-electron chi connectivity index (χ0n) is 14.1. The molecule has 0 aromatic heterocycles. The molecule has 2 amide bonds. The van der Waals surface area contributed by atoms with Gasteiger partial charge in [-0.25, -0.2) is 0 Å². The van der Waals surface area contributed by atoms with Crippen LogP contribution in [0.15, 0.2) is 18.2 Å². The largest absolute Gasteiger partial charge is 0.454 e.